The number of aromatic nitrogens is 3. The van der Waals surface area contributed by atoms with E-state index in [1.807, 2.05) is 54.9 Å². The summed E-state index contributed by atoms with van der Waals surface area (Å²) in [5.74, 6) is 1.10. The second-order valence-corrected chi connectivity index (χ2v) is 7.72. The maximum absolute atomic E-state index is 12.2. The maximum atomic E-state index is 12.2. The van der Waals surface area contributed by atoms with Crippen LogP contribution < -0.4 is 5.32 Å². The SMILES string of the molecule is Cc1cc(NC(=O)CSc2nnc(Cc3ccccc3)n2C)ccc1Br. The number of nitrogens with zero attached hydrogens (tertiary/aromatic N) is 3. The highest BCUT2D eigenvalue weighted by Gasteiger charge is 2.12. The van der Waals surface area contributed by atoms with E-state index in [0.717, 1.165) is 33.1 Å². The van der Waals surface area contributed by atoms with Gasteiger partial charge < -0.3 is 9.88 Å². The van der Waals surface area contributed by atoms with Gasteiger partial charge in [0.2, 0.25) is 5.91 Å². The van der Waals surface area contributed by atoms with Crippen molar-refractivity contribution >= 4 is 39.3 Å². The van der Waals surface area contributed by atoms with Gasteiger partial charge in [-0.15, -0.1) is 10.2 Å². The Morgan fingerprint density at radius 1 is 1.19 bits per heavy atom. The maximum Gasteiger partial charge on any atom is 0.234 e. The summed E-state index contributed by atoms with van der Waals surface area (Å²) in [6.07, 6.45) is 0.718. The summed E-state index contributed by atoms with van der Waals surface area (Å²) >= 11 is 4.84. The normalized spacial score (nSPS) is 10.7. The van der Waals surface area contributed by atoms with Crippen molar-refractivity contribution in [2.45, 2.75) is 18.5 Å². The van der Waals surface area contributed by atoms with Crippen LogP contribution in [0.1, 0.15) is 17.0 Å². The van der Waals surface area contributed by atoms with Crippen LogP contribution in [0.4, 0.5) is 5.69 Å². The van der Waals surface area contributed by atoms with Gasteiger partial charge in [0.05, 0.1) is 5.75 Å². The number of aryl methyl sites for hydroxylation is 1. The molecule has 3 aromatic rings. The Kier molecular flexibility index (Phi) is 6.11. The molecular formula is C19H19BrN4OS. The minimum atomic E-state index is -0.0654. The molecular weight excluding hydrogens is 412 g/mol. The zero-order chi connectivity index (χ0) is 18.5. The highest BCUT2D eigenvalue weighted by Crippen LogP contribution is 2.21. The van der Waals surface area contributed by atoms with Crippen molar-refractivity contribution in [1.82, 2.24) is 14.8 Å². The first-order valence-corrected chi connectivity index (χ1v) is 9.92. The van der Waals surface area contributed by atoms with Crippen molar-refractivity contribution < 1.29 is 4.79 Å². The average Bonchev–Trinajstić information content (AvgIpc) is 2.97. The number of hydrogen-bond acceptors (Lipinski definition) is 4. The molecule has 7 heteroatoms. The van der Waals surface area contributed by atoms with Crippen LogP contribution in [0.2, 0.25) is 0 Å². The van der Waals surface area contributed by atoms with Crippen molar-refractivity contribution in [3.63, 3.8) is 0 Å². The van der Waals surface area contributed by atoms with Crippen molar-refractivity contribution in [2.75, 3.05) is 11.1 Å². The lowest BCUT2D eigenvalue weighted by molar-refractivity contribution is -0.113. The first-order valence-electron chi connectivity index (χ1n) is 8.14. The van der Waals surface area contributed by atoms with Crippen LogP contribution >= 0.6 is 27.7 Å². The Morgan fingerprint density at radius 2 is 1.96 bits per heavy atom. The number of carbonyl (C=O) groups excluding carboxylic acids is 1. The molecule has 3 rings (SSSR count). The lowest BCUT2D eigenvalue weighted by Gasteiger charge is -2.07. The fraction of sp³-hybridized carbons (Fsp3) is 0.211. The number of hydrogen-bond donors (Lipinski definition) is 1. The minimum Gasteiger partial charge on any atom is -0.325 e. The van der Waals surface area contributed by atoms with Crippen LogP contribution in [-0.2, 0) is 18.3 Å². The zero-order valence-corrected chi connectivity index (χ0v) is 17.0. The van der Waals surface area contributed by atoms with Crippen LogP contribution in [0, 0.1) is 6.92 Å². The van der Waals surface area contributed by atoms with Gasteiger partial charge in [0.25, 0.3) is 0 Å². The van der Waals surface area contributed by atoms with Crippen molar-refractivity contribution in [3.8, 4) is 0 Å². The van der Waals surface area contributed by atoms with E-state index in [4.69, 9.17) is 0 Å². The van der Waals surface area contributed by atoms with Gasteiger partial charge in [-0.25, -0.2) is 0 Å². The number of rotatable bonds is 6. The van der Waals surface area contributed by atoms with E-state index in [9.17, 15) is 4.79 Å². The van der Waals surface area contributed by atoms with Crippen molar-refractivity contribution in [2.24, 2.45) is 7.05 Å². The van der Waals surface area contributed by atoms with E-state index in [1.165, 1.54) is 17.3 Å². The van der Waals surface area contributed by atoms with Crippen LogP contribution in [-0.4, -0.2) is 26.4 Å². The van der Waals surface area contributed by atoms with E-state index in [1.54, 1.807) is 0 Å². The predicted octanol–water partition coefficient (Wildman–Crippen LogP) is 4.21. The smallest absolute Gasteiger partial charge is 0.234 e. The molecule has 0 aliphatic heterocycles. The van der Waals surface area contributed by atoms with E-state index >= 15 is 0 Å². The Balaban J connectivity index is 1.57. The molecule has 5 nitrogen and oxygen atoms in total. The molecule has 134 valence electrons. The monoisotopic (exact) mass is 430 g/mol. The van der Waals surface area contributed by atoms with Gasteiger partial charge in [-0.05, 0) is 36.2 Å². The Hall–Kier alpha value is -2.12. The minimum absolute atomic E-state index is 0.0654. The summed E-state index contributed by atoms with van der Waals surface area (Å²) < 4.78 is 2.96. The van der Waals surface area contributed by atoms with Gasteiger partial charge >= 0.3 is 0 Å². The van der Waals surface area contributed by atoms with Crippen LogP contribution in [0.15, 0.2) is 58.2 Å². The average molecular weight is 431 g/mol. The van der Waals surface area contributed by atoms with Gasteiger partial charge in [-0.2, -0.15) is 0 Å². The number of amides is 1. The summed E-state index contributed by atoms with van der Waals surface area (Å²) in [4.78, 5) is 12.2. The number of halogens is 1. The van der Waals surface area contributed by atoms with E-state index < -0.39 is 0 Å². The highest BCUT2D eigenvalue weighted by molar-refractivity contribution is 9.10. The van der Waals surface area contributed by atoms with Gasteiger partial charge in [0.1, 0.15) is 5.82 Å². The summed E-state index contributed by atoms with van der Waals surface area (Å²) in [6, 6.07) is 15.9. The third-order valence-corrected chi connectivity index (χ3v) is 5.81. The topological polar surface area (TPSA) is 59.8 Å². The molecule has 0 bridgehead atoms. The lowest BCUT2D eigenvalue weighted by Crippen LogP contribution is -2.14. The zero-order valence-electron chi connectivity index (χ0n) is 14.6. The molecule has 1 amide bonds. The molecule has 0 spiro atoms. The summed E-state index contributed by atoms with van der Waals surface area (Å²) in [5, 5.41) is 12.1. The summed E-state index contributed by atoms with van der Waals surface area (Å²) in [6.45, 7) is 1.99. The molecule has 0 aliphatic rings. The van der Waals surface area contributed by atoms with Crippen molar-refractivity contribution in [3.05, 3.63) is 70.0 Å². The third kappa shape index (κ3) is 4.74. The van der Waals surface area contributed by atoms with E-state index in [0.29, 0.717) is 0 Å². The fourth-order valence-corrected chi connectivity index (χ4v) is 3.43. The van der Waals surface area contributed by atoms with Gasteiger partial charge in [0, 0.05) is 23.6 Å². The number of nitrogens with one attached hydrogen (secondary N) is 1. The molecule has 1 aromatic heterocycles. The molecule has 0 atom stereocenters. The van der Waals surface area contributed by atoms with Gasteiger partial charge in [-0.1, -0.05) is 58.0 Å². The van der Waals surface area contributed by atoms with Crippen LogP contribution in [0.5, 0.6) is 0 Å². The molecule has 1 heterocycles. The number of benzene rings is 2. The number of anilines is 1. The lowest BCUT2D eigenvalue weighted by atomic mass is 10.1. The standard InChI is InChI=1S/C19H19BrN4OS/c1-13-10-15(8-9-16(13)20)21-18(25)12-26-19-23-22-17(24(19)2)11-14-6-4-3-5-7-14/h3-10H,11-12H2,1-2H3,(H,21,25). The Labute approximate surface area is 165 Å². The largest absolute Gasteiger partial charge is 0.325 e. The van der Waals surface area contributed by atoms with Gasteiger partial charge in [0.15, 0.2) is 5.16 Å². The molecule has 0 unspecified atom stereocenters. The van der Waals surface area contributed by atoms with Crippen molar-refractivity contribution in [1.29, 1.82) is 0 Å². The first-order chi connectivity index (χ1) is 12.5. The van der Waals surface area contributed by atoms with Crippen LogP contribution in [0.3, 0.4) is 0 Å². The van der Waals surface area contributed by atoms with Crippen LogP contribution in [0.25, 0.3) is 0 Å². The highest BCUT2D eigenvalue weighted by atomic mass is 79.9. The van der Waals surface area contributed by atoms with Gasteiger partial charge in [-0.3, -0.25) is 4.79 Å². The first kappa shape index (κ1) is 18.7. The second-order valence-electron chi connectivity index (χ2n) is 5.92. The molecule has 0 saturated carbocycles. The summed E-state index contributed by atoms with van der Waals surface area (Å²) in [7, 11) is 1.93. The quantitative estimate of drug-likeness (QED) is 0.595. The summed E-state index contributed by atoms with van der Waals surface area (Å²) in [5.41, 5.74) is 3.05. The molecule has 0 radical (unpaired) electrons. The molecule has 26 heavy (non-hydrogen) atoms. The molecule has 0 fully saturated rings. The number of carbonyl (C=O) groups is 1. The van der Waals surface area contributed by atoms with E-state index in [-0.39, 0.29) is 11.7 Å². The Bertz CT molecular complexity index is 911. The molecule has 1 N–H and O–H groups in total. The Morgan fingerprint density at radius 3 is 2.69 bits per heavy atom. The third-order valence-electron chi connectivity index (χ3n) is 3.90. The predicted molar refractivity (Wildman–Crippen MR) is 108 cm³/mol. The second kappa shape index (κ2) is 8.51. The number of thioether (sulfide) groups is 1. The molecule has 0 aliphatic carbocycles. The molecule has 2 aromatic carbocycles. The van der Waals surface area contributed by atoms with E-state index in [2.05, 4.69) is 43.6 Å². The fourth-order valence-electron chi connectivity index (χ4n) is 2.45. The molecule has 0 saturated heterocycles.